The summed E-state index contributed by atoms with van der Waals surface area (Å²) in [5, 5.41) is 6.34. The third-order valence-electron chi connectivity index (χ3n) is 6.27. The summed E-state index contributed by atoms with van der Waals surface area (Å²) in [6.07, 6.45) is 6.79. The Kier molecular flexibility index (Phi) is 5.62. The number of carbonyl (C=O) groups excluding carboxylic acids is 1. The Hall–Kier alpha value is -2.73. The maximum atomic E-state index is 13.2. The van der Waals surface area contributed by atoms with Gasteiger partial charge in [-0.2, -0.15) is 5.10 Å². The smallest absolute Gasteiger partial charge is 0.273 e. The van der Waals surface area contributed by atoms with Crippen LogP contribution < -0.4 is 0 Å². The summed E-state index contributed by atoms with van der Waals surface area (Å²) in [4.78, 5) is 22.0. The minimum Gasteiger partial charge on any atom is -0.337 e. The van der Waals surface area contributed by atoms with Gasteiger partial charge in [0.1, 0.15) is 5.69 Å². The fourth-order valence-corrected chi connectivity index (χ4v) is 4.25. The van der Waals surface area contributed by atoms with E-state index in [1.54, 1.807) is 6.20 Å². The molecule has 1 aliphatic rings. The zero-order chi connectivity index (χ0) is 20.4. The van der Waals surface area contributed by atoms with Crippen LogP contribution in [0.5, 0.6) is 0 Å². The summed E-state index contributed by atoms with van der Waals surface area (Å²) in [5.74, 6) is 0.0170. The van der Waals surface area contributed by atoms with E-state index in [-0.39, 0.29) is 11.9 Å². The summed E-state index contributed by atoms with van der Waals surface area (Å²) in [5.41, 5.74) is 3.06. The zero-order valence-corrected chi connectivity index (χ0v) is 17.5. The number of benzene rings is 1. The van der Waals surface area contributed by atoms with Crippen molar-refractivity contribution in [3.63, 3.8) is 0 Å². The van der Waals surface area contributed by atoms with Gasteiger partial charge in [-0.25, -0.2) is 0 Å². The van der Waals surface area contributed by atoms with Gasteiger partial charge in [0, 0.05) is 56.1 Å². The molecular weight excluding hydrogens is 362 g/mol. The van der Waals surface area contributed by atoms with E-state index in [0.717, 1.165) is 49.7 Å². The maximum Gasteiger partial charge on any atom is 0.273 e. The van der Waals surface area contributed by atoms with Crippen molar-refractivity contribution >= 4 is 16.7 Å². The first-order valence-electron chi connectivity index (χ1n) is 10.4. The lowest BCUT2D eigenvalue weighted by Crippen LogP contribution is -2.38. The molecule has 0 N–H and O–H groups in total. The summed E-state index contributed by atoms with van der Waals surface area (Å²) in [6, 6.07) is 10.2. The number of amides is 1. The second-order valence-electron chi connectivity index (χ2n) is 8.04. The van der Waals surface area contributed by atoms with Crippen LogP contribution in [-0.4, -0.2) is 56.7 Å². The topological polar surface area (TPSA) is 54.3 Å². The lowest BCUT2D eigenvalue weighted by molar-refractivity contribution is 0.0713. The molecule has 0 unspecified atom stereocenters. The summed E-state index contributed by atoms with van der Waals surface area (Å²) >= 11 is 0. The molecule has 0 spiro atoms. The summed E-state index contributed by atoms with van der Waals surface area (Å²) < 4.78 is 1.93. The molecule has 4 rings (SSSR count). The van der Waals surface area contributed by atoms with Crippen LogP contribution in [-0.2, 0) is 13.6 Å². The van der Waals surface area contributed by atoms with Gasteiger partial charge >= 0.3 is 0 Å². The SMILES string of the molecule is Cc1c(CN2CCC[C@H](N(C)C(=O)c3nccc4ccccc34)CC2)cnn1C. The largest absolute Gasteiger partial charge is 0.337 e. The predicted molar refractivity (Wildman–Crippen MR) is 115 cm³/mol. The van der Waals surface area contributed by atoms with Gasteiger partial charge in [-0.1, -0.05) is 24.3 Å². The molecule has 1 aromatic carbocycles. The van der Waals surface area contributed by atoms with Gasteiger partial charge in [-0.05, 0) is 44.2 Å². The molecule has 152 valence electrons. The molecule has 1 fully saturated rings. The molecule has 1 amide bonds. The summed E-state index contributed by atoms with van der Waals surface area (Å²) in [6.45, 7) is 5.08. The van der Waals surface area contributed by atoms with Crippen LogP contribution in [0.15, 0.2) is 42.7 Å². The van der Waals surface area contributed by atoms with E-state index in [9.17, 15) is 4.79 Å². The van der Waals surface area contributed by atoms with Gasteiger partial charge in [0.15, 0.2) is 0 Å². The molecular formula is C23H29N5O. The number of aryl methyl sites for hydroxylation is 1. The molecule has 1 atom stereocenters. The van der Waals surface area contributed by atoms with E-state index in [0.29, 0.717) is 5.69 Å². The highest BCUT2D eigenvalue weighted by Crippen LogP contribution is 2.22. The first kappa shape index (κ1) is 19.6. The molecule has 3 heterocycles. The van der Waals surface area contributed by atoms with E-state index in [1.165, 1.54) is 11.3 Å². The molecule has 0 radical (unpaired) electrons. The predicted octanol–water partition coefficient (Wildman–Crippen LogP) is 3.40. The molecule has 0 saturated carbocycles. The fourth-order valence-electron chi connectivity index (χ4n) is 4.25. The summed E-state index contributed by atoms with van der Waals surface area (Å²) in [7, 11) is 3.91. The van der Waals surface area contributed by atoms with E-state index < -0.39 is 0 Å². The van der Waals surface area contributed by atoms with Gasteiger partial charge < -0.3 is 4.90 Å². The average molecular weight is 392 g/mol. The number of hydrogen-bond donors (Lipinski definition) is 0. The van der Waals surface area contributed by atoms with Crippen LogP contribution in [0.3, 0.4) is 0 Å². The van der Waals surface area contributed by atoms with Crippen LogP contribution in [0.25, 0.3) is 10.8 Å². The Morgan fingerprint density at radius 2 is 2.03 bits per heavy atom. The zero-order valence-electron chi connectivity index (χ0n) is 17.5. The van der Waals surface area contributed by atoms with Gasteiger partial charge in [0.05, 0.1) is 6.20 Å². The second-order valence-corrected chi connectivity index (χ2v) is 8.04. The molecule has 3 aromatic rings. The first-order valence-corrected chi connectivity index (χ1v) is 10.4. The maximum absolute atomic E-state index is 13.2. The molecule has 0 aliphatic carbocycles. The second kappa shape index (κ2) is 8.33. The van der Waals surface area contributed by atoms with Crippen LogP contribution in [0.2, 0.25) is 0 Å². The molecule has 1 saturated heterocycles. The van der Waals surface area contributed by atoms with Gasteiger partial charge in [0.2, 0.25) is 0 Å². The van der Waals surface area contributed by atoms with E-state index >= 15 is 0 Å². The highest BCUT2D eigenvalue weighted by atomic mass is 16.2. The number of pyridine rings is 1. The Bertz CT molecular complexity index is 1010. The monoisotopic (exact) mass is 391 g/mol. The number of carbonyl (C=O) groups is 1. The van der Waals surface area contributed by atoms with Crippen molar-refractivity contribution in [3.8, 4) is 0 Å². The van der Waals surface area contributed by atoms with Gasteiger partial charge in [0.25, 0.3) is 5.91 Å². The lowest BCUT2D eigenvalue weighted by Gasteiger charge is -2.27. The van der Waals surface area contributed by atoms with Crippen molar-refractivity contribution < 1.29 is 4.79 Å². The van der Waals surface area contributed by atoms with Crippen molar-refractivity contribution in [2.75, 3.05) is 20.1 Å². The van der Waals surface area contributed by atoms with Gasteiger partial charge in [-0.3, -0.25) is 19.4 Å². The van der Waals surface area contributed by atoms with Crippen molar-refractivity contribution in [1.29, 1.82) is 0 Å². The molecule has 1 aliphatic heterocycles. The number of rotatable bonds is 4. The normalized spacial score (nSPS) is 18.0. The third-order valence-corrected chi connectivity index (χ3v) is 6.27. The molecule has 6 nitrogen and oxygen atoms in total. The molecule has 0 bridgehead atoms. The lowest BCUT2D eigenvalue weighted by atomic mass is 10.1. The standard InChI is InChI=1S/C23H29N5O/c1-17-19(15-25-27(17)3)16-28-13-6-8-20(11-14-28)26(2)23(29)22-21-9-5-4-7-18(21)10-12-24-22/h4-5,7,9-10,12,15,20H,6,8,11,13-14,16H2,1-3H3/t20-/m0/s1. The van der Waals surface area contributed by atoms with E-state index in [2.05, 4.69) is 21.9 Å². The van der Waals surface area contributed by atoms with E-state index in [1.807, 2.05) is 60.2 Å². The van der Waals surface area contributed by atoms with Crippen molar-refractivity contribution in [2.24, 2.45) is 7.05 Å². The van der Waals surface area contributed by atoms with Crippen LogP contribution in [0.1, 0.15) is 41.0 Å². The van der Waals surface area contributed by atoms with Crippen molar-refractivity contribution in [2.45, 2.75) is 38.8 Å². The molecule has 2 aromatic heterocycles. The Morgan fingerprint density at radius 3 is 2.83 bits per heavy atom. The first-order chi connectivity index (χ1) is 14.0. The van der Waals surface area contributed by atoms with Crippen LogP contribution >= 0.6 is 0 Å². The highest BCUT2D eigenvalue weighted by molar-refractivity contribution is 6.05. The number of fused-ring (bicyclic) bond motifs is 1. The highest BCUT2D eigenvalue weighted by Gasteiger charge is 2.26. The number of likely N-dealkylation sites (tertiary alicyclic amines) is 1. The van der Waals surface area contributed by atoms with E-state index in [4.69, 9.17) is 0 Å². The molecule has 6 heteroatoms. The average Bonchev–Trinajstić information content (AvgIpc) is 2.94. The number of hydrogen-bond acceptors (Lipinski definition) is 4. The number of aromatic nitrogens is 3. The Morgan fingerprint density at radius 1 is 1.21 bits per heavy atom. The quantitative estimate of drug-likeness (QED) is 0.684. The number of nitrogens with zero attached hydrogens (tertiary/aromatic N) is 5. The Balaban J connectivity index is 1.44. The third kappa shape index (κ3) is 4.03. The minimum atomic E-state index is 0.0170. The van der Waals surface area contributed by atoms with Crippen molar-refractivity contribution in [1.82, 2.24) is 24.6 Å². The Labute approximate surface area is 172 Å². The van der Waals surface area contributed by atoms with Crippen LogP contribution in [0.4, 0.5) is 0 Å². The molecule has 29 heavy (non-hydrogen) atoms. The van der Waals surface area contributed by atoms with Gasteiger partial charge in [-0.15, -0.1) is 0 Å². The van der Waals surface area contributed by atoms with Crippen molar-refractivity contribution in [3.05, 3.63) is 59.7 Å². The fraction of sp³-hybridized carbons (Fsp3) is 0.435. The minimum absolute atomic E-state index is 0.0170. The van der Waals surface area contributed by atoms with Crippen LogP contribution in [0, 0.1) is 6.92 Å².